The topological polar surface area (TPSA) is 50.1 Å². The van der Waals surface area contributed by atoms with Gasteiger partial charge in [-0.15, -0.1) is 0 Å². The van der Waals surface area contributed by atoms with Crippen LogP contribution < -0.4 is 0 Å². The number of hydrogen-bond donors (Lipinski definition) is 0. The summed E-state index contributed by atoms with van der Waals surface area (Å²) in [5.41, 5.74) is -0.0158. The van der Waals surface area contributed by atoms with E-state index < -0.39 is 0 Å². The van der Waals surface area contributed by atoms with Gasteiger partial charge >= 0.3 is 5.97 Å². The Balaban J connectivity index is 4.62. The van der Waals surface area contributed by atoms with Gasteiger partial charge in [0.05, 0.1) is 6.61 Å². The van der Waals surface area contributed by atoms with E-state index in [0.717, 1.165) is 44.3 Å². The second-order valence-corrected chi connectivity index (χ2v) is 5.63. The van der Waals surface area contributed by atoms with Crippen molar-refractivity contribution in [2.45, 2.75) is 59.3 Å². The SMILES string of the molecule is CCCCC(CCCC)(COC(C)=O)CSC#N. The van der Waals surface area contributed by atoms with Crippen LogP contribution in [0, 0.1) is 16.1 Å². The van der Waals surface area contributed by atoms with E-state index in [1.165, 1.54) is 18.7 Å². The van der Waals surface area contributed by atoms with E-state index in [4.69, 9.17) is 10.00 Å². The molecule has 0 unspecified atom stereocenters. The van der Waals surface area contributed by atoms with Crippen LogP contribution in [-0.2, 0) is 9.53 Å². The number of rotatable bonds is 10. The van der Waals surface area contributed by atoms with Crippen LogP contribution in [0.2, 0.25) is 0 Å². The van der Waals surface area contributed by atoms with Gasteiger partial charge in [0, 0.05) is 18.1 Å². The smallest absolute Gasteiger partial charge is 0.302 e. The van der Waals surface area contributed by atoms with Gasteiger partial charge in [-0.1, -0.05) is 39.5 Å². The highest BCUT2D eigenvalue weighted by atomic mass is 32.2. The van der Waals surface area contributed by atoms with Crippen LogP contribution in [0.25, 0.3) is 0 Å². The molecule has 0 fully saturated rings. The summed E-state index contributed by atoms with van der Waals surface area (Å²) < 4.78 is 5.24. The summed E-state index contributed by atoms with van der Waals surface area (Å²) in [6.45, 7) is 6.22. The zero-order chi connectivity index (χ0) is 13.9. The largest absolute Gasteiger partial charge is 0.465 e. The number of hydrogen-bond acceptors (Lipinski definition) is 4. The van der Waals surface area contributed by atoms with Gasteiger partial charge in [0.25, 0.3) is 0 Å². The van der Waals surface area contributed by atoms with Gasteiger partial charge in [-0.3, -0.25) is 4.79 Å². The second kappa shape index (κ2) is 10.3. The van der Waals surface area contributed by atoms with Crippen molar-refractivity contribution in [3.63, 3.8) is 0 Å². The number of thiocyanates is 1. The molecule has 0 aliphatic carbocycles. The second-order valence-electron chi connectivity index (χ2n) is 4.87. The highest BCUT2D eigenvalue weighted by Crippen LogP contribution is 2.35. The Hall–Kier alpha value is -0.690. The van der Waals surface area contributed by atoms with Gasteiger partial charge in [-0.2, -0.15) is 5.26 Å². The Labute approximate surface area is 115 Å². The van der Waals surface area contributed by atoms with E-state index in [1.807, 2.05) is 0 Å². The van der Waals surface area contributed by atoms with Gasteiger partial charge in [0.2, 0.25) is 0 Å². The summed E-state index contributed by atoms with van der Waals surface area (Å²) in [7, 11) is 0. The van der Waals surface area contributed by atoms with Crippen LogP contribution in [-0.4, -0.2) is 18.3 Å². The predicted molar refractivity (Wildman–Crippen MR) is 76.2 cm³/mol. The van der Waals surface area contributed by atoms with Gasteiger partial charge in [-0.05, 0) is 24.6 Å². The molecule has 0 rings (SSSR count). The first-order valence-corrected chi connectivity index (χ1v) is 7.73. The number of unbranched alkanes of at least 4 members (excludes halogenated alkanes) is 2. The fourth-order valence-electron chi connectivity index (χ4n) is 2.00. The molecule has 0 radical (unpaired) electrons. The van der Waals surface area contributed by atoms with E-state index in [9.17, 15) is 4.79 Å². The minimum absolute atomic E-state index is 0.0158. The van der Waals surface area contributed by atoms with Gasteiger partial charge in [0.1, 0.15) is 5.40 Å². The first-order chi connectivity index (χ1) is 8.60. The molecule has 4 heteroatoms. The summed E-state index contributed by atoms with van der Waals surface area (Å²) >= 11 is 1.28. The monoisotopic (exact) mass is 271 g/mol. The molecule has 0 saturated carbocycles. The van der Waals surface area contributed by atoms with Crippen LogP contribution in [0.3, 0.4) is 0 Å². The maximum Gasteiger partial charge on any atom is 0.302 e. The van der Waals surface area contributed by atoms with Crippen molar-refractivity contribution in [1.82, 2.24) is 0 Å². The quantitative estimate of drug-likeness (QED) is 0.443. The van der Waals surface area contributed by atoms with E-state index in [-0.39, 0.29) is 11.4 Å². The maximum absolute atomic E-state index is 11.0. The fourth-order valence-corrected chi connectivity index (χ4v) is 2.74. The minimum Gasteiger partial charge on any atom is -0.465 e. The van der Waals surface area contributed by atoms with Crippen molar-refractivity contribution in [1.29, 1.82) is 5.26 Å². The zero-order valence-corrected chi connectivity index (χ0v) is 12.6. The Bertz CT molecular complexity index is 265. The van der Waals surface area contributed by atoms with Crippen LogP contribution in [0.5, 0.6) is 0 Å². The molecule has 104 valence electrons. The standard InChI is InChI=1S/C14H25NO2S/c1-4-6-8-14(9-7-5-2,11-18-12-15)10-17-13(3)16/h4-11H2,1-3H3. The molecule has 0 saturated heterocycles. The van der Waals surface area contributed by atoms with Crippen LogP contribution >= 0.6 is 11.8 Å². The first-order valence-electron chi connectivity index (χ1n) is 6.74. The van der Waals surface area contributed by atoms with E-state index in [0.29, 0.717) is 6.61 Å². The van der Waals surface area contributed by atoms with Crippen molar-refractivity contribution in [3.8, 4) is 5.40 Å². The molecule has 0 spiro atoms. The van der Waals surface area contributed by atoms with Gasteiger partial charge in [0.15, 0.2) is 0 Å². The fraction of sp³-hybridized carbons (Fsp3) is 0.857. The normalized spacial score (nSPS) is 11.0. The molecular formula is C14H25NO2S. The number of esters is 1. The number of nitriles is 1. The molecule has 3 nitrogen and oxygen atoms in total. The number of ether oxygens (including phenoxy) is 1. The number of carbonyl (C=O) groups is 1. The lowest BCUT2D eigenvalue weighted by molar-refractivity contribution is -0.144. The van der Waals surface area contributed by atoms with E-state index in [2.05, 4.69) is 19.2 Å². The lowest BCUT2D eigenvalue weighted by atomic mass is 9.80. The molecule has 0 aromatic rings. The summed E-state index contributed by atoms with van der Waals surface area (Å²) in [5, 5.41) is 10.9. The molecule has 0 aromatic heterocycles. The van der Waals surface area contributed by atoms with Gasteiger partial charge < -0.3 is 4.74 Å². The molecule has 0 heterocycles. The van der Waals surface area contributed by atoms with Crippen molar-refractivity contribution in [2.75, 3.05) is 12.4 Å². The Morgan fingerprint density at radius 3 is 2.22 bits per heavy atom. The van der Waals surface area contributed by atoms with Crippen molar-refractivity contribution >= 4 is 17.7 Å². The average molecular weight is 271 g/mol. The number of thioether (sulfide) groups is 1. The highest BCUT2D eigenvalue weighted by Gasteiger charge is 2.30. The molecule has 0 amide bonds. The molecule has 0 atom stereocenters. The Morgan fingerprint density at radius 2 is 1.83 bits per heavy atom. The third-order valence-corrected chi connectivity index (χ3v) is 4.03. The van der Waals surface area contributed by atoms with Crippen molar-refractivity contribution in [3.05, 3.63) is 0 Å². The summed E-state index contributed by atoms with van der Waals surface area (Å²) in [6.07, 6.45) is 6.57. The average Bonchev–Trinajstić information content (AvgIpc) is 2.37. The number of carbonyl (C=O) groups excluding carboxylic acids is 1. The Kier molecular flexibility index (Phi) is 9.86. The molecule has 0 aliphatic rings. The van der Waals surface area contributed by atoms with Crippen molar-refractivity contribution in [2.24, 2.45) is 5.41 Å². The van der Waals surface area contributed by atoms with Crippen LogP contribution in [0.1, 0.15) is 59.3 Å². The van der Waals surface area contributed by atoms with E-state index >= 15 is 0 Å². The highest BCUT2D eigenvalue weighted by molar-refractivity contribution is 8.03. The first kappa shape index (κ1) is 17.3. The molecule has 0 aliphatic heterocycles. The molecule has 18 heavy (non-hydrogen) atoms. The minimum atomic E-state index is -0.227. The molecule has 0 bridgehead atoms. The lowest BCUT2D eigenvalue weighted by Gasteiger charge is -2.32. The van der Waals surface area contributed by atoms with E-state index in [1.54, 1.807) is 0 Å². The molecule has 0 N–H and O–H groups in total. The summed E-state index contributed by atoms with van der Waals surface area (Å²) in [6, 6.07) is 0. The van der Waals surface area contributed by atoms with Crippen LogP contribution in [0.15, 0.2) is 0 Å². The number of nitrogens with zero attached hydrogens (tertiary/aromatic N) is 1. The summed E-state index contributed by atoms with van der Waals surface area (Å²) in [5.74, 6) is 0.533. The van der Waals surface area contributed by atoms with Gasteiger partial charge in [-0.25, -0.2) is 0 Å². The molecular weight excluding hydrogens is 246 g/mol. The predicted octanol–water partition coefficient (Wildman–Crippen LogP) is 4.13. The van der Waals surface area contributed by atoms with Crippen LogP contribution in [0.4, 0.5) is 0 Å². The van der Waals surface area contributed by atoms with Crippen molar-refractivity contribution < 1.29 is 9.53 Å². The lowest BCUT2D eigenvalue weighted by Crippen LogP contribution is -2.31. The summed E-state index contributed by atoms with van der Waals surface area (Å²) in [4.78, 5) is 11.0. The maximum atomic E-state index is 11.0. The third kappa shape index (κ3) is 7.60. The third-order valence-electron chi connectivity index (χ3n) is 3.15. The Morgan fingerprint density at radius 1 is 1.28 bits per heavy atom. The zero-order valence-electron chi connectivity index (χ0n) is 11.8. The molecule has 0 aromatic carbocycles.